The lowest BCUT2D eigenvalue weighted by Gasteiger charge is -2.23. The molecule has 1 aliphatic heterocycles. The topological polar surface area (TPSA) is 20.3 Å². The molecule has 0 aliphatic carbocycles. The van der Waals surface area contributed by atoms with Crippen LogP contribution in [-0.4, -0.2) is 21.3 Å². The molecule has 1 heterocycles. The average molecular weight is 202 g/mol. The summed E-state index contributed by atoms with van der Waals surface area (Å²) in [5, 5.41) is 0. The van der Waals surface area contributed by atoms with E-state index in [1.165, 1.54) is 4.90 Å². The zero-order chi connectivity index (χ0) is 7.78. The van der Waals surface area contributed by atoms with Gasteiger partial charge in [-0.3, -0.25) is 9.69 Å². The molecule has 2 nitrogen and oxygen atoms in total. The van der Waals surface area contributed by atoms with Crippen molar-refractivity contribution in [3.63, 3.8) is 0 Å². The number of rotatable bonds is 0. The smallest absolute Gasteiger partial charge is 0.270 e. The van der Waals surface area contributed by atoms with Crippen molar-refractivity contribution in [2.75, 3.05) is 6.54 Å². The van der Waals surface area contributed by atoms with Crippen LogP contribution in [0.25, 0.3) is 0 Å². The van der Waals surface area contributed by atoms with E-state index in [1.807, 2.05) is 0 Å². The highest BCUT2D eigenvalue weighted by atomic mass is 35.6. The third kappa shape index (κ3) is 1.68. The molecule has 1 rings (SSSR count). The van der Waals surface area contributed by atoms with Crippen LogP contribution in [-0.2, 0) is 4.79 Å². The normalized spacial score (nSPS) is 20.3. The molecule has 0 spiro atoms. The van der Waals surface area contributed by atoms with Crippen molar-refractivity contribution in [3.05, 3.63) is 0 Å². The first-order valence-corrected chi connectivity index (χ1v) is 4.02. The molecule has 1 aliphatic rings. The van der Waals surface area contributed by atoms with Gasteiger partial charge in [0.25, 0.3) is 3.92 Å². The van der Waals surface area contributed by atoms with E-state index in [0.29, 0.717) is 13.0 Å². The summed E-state index contributed by atoms with van der Waals surface area (Å²) >= 11 is 16.4. The van der Waals surface area contributed by atoms with E-state index in [1.54, 1.807) is 0 Å². The van der Waals surface area contributed by atoms with E-state index in [9.17, 15) is 4.79 Å². The Balaban J connectivity index is 2.64. The minimum Gasteiger partial charge on any atom is -0.298 e. The first kappa shape index (κ1) is 8.44. The lowest BCUT2D eigenvalue weighted by atomic mass is 10.4. The molecule has 1 saturated heterocycles. The molecule has 0 atom stereocenters. The number of hydrogen-bond acceptors (Lipinski definition) is 1. The second-order valence-corrected chi connectivity index (χ2v) is 4.34. The van der Waals surface area contributed by atoms with Gasteiger partial charge in [0.2, 0.25) is 5.91 Å². The Morgan fingerprint density at radius 1 is 1.40 bits per heavy atom. The van der Waals surface area contributed by atoms with Crippen LogP contribution in [0, 0.1) is 0 Å². The Morgan fingerprint density at radius 3 is 2.20 bits per heavy atom. The fourth-order valence-corrected chi connectivity index (χ4v) is 1.45. The van der Waals surface area contributed by atoms with Crippen molar-refractivity contribution < 1.29 is 4.79 Å². The summed E-state index contributed by atoms with van der Waals surface area (Å²) in [5.74, 6) is -0.0833. The molecule has 0 saturated carbocycles. The van der Waals surface area contributed by atoms with Crippen LogP contribution in [0.4, 0.5) is 0 Å². The lowest BCUT2D eigenvalue weighted by Crippen LogP contribution is -2.35. The summed E-state index contributed by atoms with van der Waals surface area (Å²) in [4.78, 5) is 12.1. The summed E-state index contributed by atoms with van der Waals surface area (Å²) in [6.45, 7) is 0.551. The first-order valence-electron chi connectivity index (χ1n) is 2.89. The van der Waals surface area contributed by atoms with Crippen LogP contribution in [0.5, 0.6) is 0 Å². The van der Waals surface area contributed by atoms with Crippen molar-refractivity contribution >= 4 is 40.7 Å². The zero-order valence-electron chi connectivity index (χ0n) is 5.11. The monoisotopic (exact) mass is 201 g/mol. The van der Waals surface area contributed by atoms with Gasteiger partial charge in [0, 0.05) is 13.0 Å². The SMILES string of the molecule is O=C1CCCN1C(Cl)(Cl)Cl. The van der Waals surface area contributed by atoms with Crippen LogP contribution in [0.15, 0.2) is 0 Å². The molecule has 0 aromatic heterocycles. The van der Waals surface area contributed by atoms with Gasteiger partial charge in [-0.2, -0.15) is 0 Å². The van der Waals surface area contributed by atoms with Crippen LogP contribution in [0.3, 0.4) is 0 Å². The van der Waals surface area contributed by atoms with Gasteiger partial charge in [0.15, 0.2) is 0 Å². The predicted octanol–water partition coefficient (Wildman–Crippen LogP) is 1.94. The predicted molar refractivity (Wildman–Crippen MR) is 41.2 cm³/mol. The molecule has 1 amide bonds. The van der Waals surface area contributed by atoms with Gasteiger partial charge in [0.1, 0.15) is 0 Å². The van der Waals surface area contributed by atoms with Crippen molar-refractivity contribution in [2.24, 2.45) is 0 Å². The molecule has 0 bridgehead atoms. The summed E-state index contributed by atoms with van der Waals surface area (Å²) in [6, 6.07) is 0. The van der Waals surface area contributed by atoms with E-state index in [0.717, 1.165) is 6.42 Å². The van der Waals surface area contributed by atoms with Gasteiger partial charge in [0.05, 0.1) is 0 Å². The fraction of sp³-hybridized carbons (Fsp3) is 0.800. The second-order valence-electron chi connectivity index (χ2n) is 2.12. The third-order valence-corrected chi connectivity index (χ3v) is 1.99. The third-order valence-electron chi connectivity index (χ3n) is 1.38. The number of halogens is 3. The van der Waals surface area contributed by atoms with Crippen molar-refractivity contribution in [3.8, 4) is 0 Å². The van der Waals surface area contributed by atoms with Gasteiger partial charge in [-0.05, 0) is 6.42 Å². The number of carbonyl (C=O) groups is 1. The number of nitrogens with zero attached hydrogens (tertiary/aromatic N) is 1. The van der Waals surface area contributed by atoms with Crippen molar-refractivity contribution in [1.29, 1.82) is 0 Å². The fourth-order valence-electron chi connectivity index (χ4n) is 0.916. The maximum Gasteiger partial charge on any atom is 0.270 e. The van der Waals surface area contributed by atoms with Gasteiger partial charge < -0.3 is 0 Å². The van der Waals surface area contributed by atoms with E-state index in [-0.39, 0.29) is 5.91 Å². The van der Waals surface area contributed by atoms with Crippen molar-refractivity contribution in [2.45, 2.75) is 16.8 Å². The highest BCUT2D eigenvalue weighted by Gasteiger charge is 2.36. The number of alkyl halides is 3. The molecular formula is C5H6Cl3NO. The molecule has 5 heteroatoms. The Labute approximate surface area is 74.0 Å². The molecular weight excluding hydrogens is 196 g/mol. The Hall–Kier alpha value is 0.340. The van der Waals surface area contributed by atoms with Crippen LogP contribution in [0.1, 0.15) is 12.8 Å². The highest BCUT2D eigenvalue weighted by molar-refractivity contribution is 6.67. The standard InChI is InChI=1S/C5H6Cl3NO/c6-5(7,8)9-3-1-2-4(9)10/h1-3H2. The second kappa shape index (κ2) is 2.76. The molecule has 1 fully saturated rings. The lowest BCUT2D eigenvalue weighted by molar-refractivity contribution is -0.127. The van der Waals surface area contributed by atoms with E-state index in [4.69, 9.17) is 34.8 Å². The maximum absolute atomic E-state index is 10.9. The van der Waals surface area contributed by atoms with Gasteiger partial charge in [-0.25, -0.2) is 0 Å². The van der Waals surface area contributed by atoms with E-state index < -0.39 is 3.92 Å². The molecule has 10 heavy (non-hydrogen) atoms. The van der Waals surface area contributed by atoms with Crippen LogP contribution < -0.4 is 0 Å². The summed E-state index contributed by atoms with van der Waals surface area (Å²) < 4.78 is -1.55. The maximum atomic E-state index is 10.9. The van der Waals surface area contributed by atoms with Gasteiger partial charge in [-0.15, -0.1) is 0 Å². The first-order chi connectivity index (χ1) is 4.52. The molecule has 0 unspecified atom stereocenters. The molecule has 58 valence electrons. The van der Waals surface area contributed by atoms with Crippen molar-refractivity contribution in [1.82, 2.24) is 4.90 Å². The largest absolute Gasteiger partial charge is 0.298 e. The highest BCUT2D eigenvalue weighted by Crippen LogP contribution is 2.33. The summed E-state index contributed by atoms with van der Waals surface area (Å²) in [6.07, 6.45) is 1.28. The quantitative estimate of drug-likeness (QED) is 0.434. The van der Waals surface area contributed by atoms with Gasteiger partial charge >= 0.3 is 0 Å². The average Bonchev–Trinajstić information content (AvgIpc) is 2.11. The van der Waals surface area contributed by atoms with Crippen LogP contribution in [0.2, 0.25) is 0 Å². The summed E-state index contributed by atoms with van der Waals surface area (Å²) in [7, 11) is 0. The number of amides is 1. The van der Waals surface area contributed by atoms with E-state index in [2.05, 4.69) is 0 Å². The molecule has 0 aromatic carbocycles. The Bertz CT molecular complexity index is 153. The molecule has 0 aromatic rings. The van der Waals surface area contributed by atoms with E-state index >= 15 is 0 Å². The number of likely N-dealkylation sites (tertiary alicyclic amines) is 1. The molecule has 0 N–H and O–H groups in total. The number of carbonyl (C=O) groups excluding carboxylic acids is 1. The molecule has 0 radical (unpaired) electrons. The Kier molecular flexibility index (Phi) is 2.33. The minimum absolute atomic E-state index is 0.0833. The summed E-state index contributed by atoms with van der Waals surface area (Å²) in [5.41, 5.74) is 0. The van der Waals surface area contributed by atoms with Gasteiger partial charge in [-0.1, -0.05) is 34.8 Å². The minimum atomic E-state index is -1.55. The number of hydrogen-bond donors (Lipinski definition) is 0. The zero-order valence-corrected chi connectivity index (χ0v) is 7.38. The Morgan fingerprint density at radius 2 is 2.00 bits per heavy atom. The van der Waals surface area contributed by atoms with Crippen LogP contribution >= 0.6 is 34.8 Å².